The Morgan fingerprint density at radius 2 is 0.817 bits per heavy atom. The van der Waals surface area contributed by atoms with Crippen molar-refractivity contribution in [1.82, 2.24) is 31.9 Å². The minimum Gasteiger partial charge on any atom is -0.386 e. The molecular weight excluding hydrogens is 1730 g/mol. The van der Waals surface area contributed by atoms with E-state index >= 15 is 0 Å². The summed E-state index contributed by atoms with van der Waals surface area (Å²) in [5.74, 6) is 2.72. The second-order valence-corrected chi connectivity index (χ2v) is 35.8. The molecule has 2 fully saturated rings. The normalized spacial score (nSPS) is 14.8. The number of ketones is 4. The van der Waals surface area contributed by atoms with Crippen LogP contribution in [0.2, 0.25) is 0 Å². The highest BCUT2D eigenvalue weighted by Gasteiger charge is 2.41. The number of nitrogens with two attached hydrogens (primary N) is 3. The molecule has 27 heteroatoms. The van der Waals surface area contributed by atoms with E-state index in [9.17, 15) is 38.4 Å². The summed E-state index contributed by atoms with van der Waals surface area (Å²) in [7, 11) is 11.9. The predicted octanol–water partition coefficient (Wildman–Crippen LogP) is 15.7. The Morgan fingerprint density at radius 3 is 1.26 bits per heavy atom. The number of rotatable bonds is 46. The number of fused-ring (bicyclic) bond motifs is 4. The Bertz CT molecular complexity index is 5620. The van der Waals surface area contributed by atoms with Crippen LogP contribution in [0.25, 0.3) is 43.4 Å². The zero-order valence-electron chi connectivity index (χ0n) is 75.9. The maximum Gasteiger partial charge on any atom is 0.251 e. The number of anilines is 3. The summed E-state index contributed by atoms with van der Waals surface area (Å²) in [5.41, 5.74) is 27.8. The lowest BCUT2D eigenvalue weighted by molar-refractivity contribution is -0.122. The van der Waals surface area contributed by atoms with Gasteiger partial charge in [-0.1, -0.05) is 159 Å². The number of benzene rings is 10. The molecular formula is C104H124Cl3N15O8S. The molecule has 10 aromatic rings. The van der Waals surface area contributed by atoms with E-state index in [1.165, 1.54) is 0 Å². The van der Waals surface area contributed by atoms with Crippen molar-refractivity contribution in [2.45, 2.75) is 145 Å². The molecule has 23 nitrogen and oxygen atoms in total. The van der Waals surface area contributed by atoms with Crippen molar-refractivity contribution in [1.29, 1.82) is 0 Å². The second-order valence-electron chi connectivity index (χ2n) is 33.8. The van der Waals surface area contributed by atoms with E-state index in [4.69, 9.17) is 52.0 Å². The molecule has 2 saturated heterocycles. The lowest BCUT2D eigenvalue weighted by Crippen LogP contribution is -2.41. The maximum atomic E-state index is 13.5. The van der Waals surface area contributed by atoms with E-state index in [2.05, 4.69) is 83.8 Å². The van der Waals surface area contributed by atoms with Gasteiger partial charge < -0.3 is 63.8 Å². The zero-order valence-corrected chi connectivity index (χ0v) is 78.9. The molecule has 0 spiro atoms. The first-order chi connectivity index (χ1) is 63.2. The molecule has 6 atom stereocenters. The van der Waals surface area contributed by atoms with Crippen molar-refractivity contribution in [3.63, 3.8) is 0 Å². The van der Waals surface area contributed by atoms with Crippen LogP contribution in [-0.2, 0) is 49.7 Å². The number of amidine groups is 3. The Balaban J connectivity index is 0.000000212. The van der Waals surface area contributed by atoms with E-state index in [1.807, 2.05) is 239 Å². The first kappa shape index (κ1) is 101. The van der Waals surface area contributed by atoms with Crippen molar-refractivity contribution in [2.24, 2.45) is 32.2 Å². The smallest absolute Gasteiger partial charge is 0.251 e. The van der Waals surface area contributed by atoms with Crippen LogP contribution < -0.4 is 63.8 Å². The van der Waals surface area contributed by atoms with Gasteiger partial charge in [-0.25, -0.2) is 0 Å². The molecule has 690 valence electrons. The van der Waals surface area contributed by atoms with Gasteiger partial charge in [0.2, 0.25) is 5.91 Å². The van der Waals surface area contributed by atoms with Crippen LogP contribution in [0.3, 0.4) is 0 Å². The molecule has 2 aliphatic rings. The van der Waals surface area contributed by atoms with E-state index in [0.717, 1.165) is 114 Å². The highest BCUT2D eigenvalue weighted by molar-refractivity contribution is 8.00. The van der Waals surface area contributed by atoms with E-state index in [0.29, 0.717) is 148 Å². The molecule has 131 heavy (non-hydrogen) atoms. The standard InChI is InChI=1S/C44H58ClN7O4S.C33H35ClN4O2.C27H31ClN4O2/c1-29-49-38-28-57-40(43(38)50-29)10-4-5-11-42(55)48-23-6-8-36(53)24-31-14-12-30(13-15-31)16-21-39(54)37(9-7-22-47-41(46)27-45)51-44(56)34-18-17-33-26-35(52(2)3)20-19-32(33)25-34;1-38(2)29-17-16-26-20-28(15-14-27(26)21-29)33(40)37-30(9-6-18-36-32(35)22-34)31(39)19-23-10-12-25(13-11-23)24-7-4-3-5-8-24;1-32(2)23-13-12-20-16-22(11-10-21(20)17-23)27(34)31-24(9-6-14-30-26(29)18-28)25(33)15-19-7-4-3-5-8-19/h12-15,17-20,25-26,37-38,40,43,49-50H,1,4-11,16,21-24,27-28H2,2-3H3,(H2,46,47)(H,48,55)(H,51,56);3-5,7-8,10-17,20-21,30H,6,9,18-19,22H2,1-2H3,(H2,35,36)(H,37,40);3-5,7-8,10-13,16-17,24H,6,9,14-15,18H2,1-2H3,(H2,29,30)(H,31,34)/t37-,38?,40?,43?;30-;24-/m000/s1. The number of nitrogens with zero attached hydrogens (tertiary/aromatic N) is 6. The number of hydrogen-bond donors (Lipinski definition) is 9. The molecule has 0 aliphatic carbocycles. The third kappa shape index (κ3) is 32.5. The number of unbranched alkanes of at least 4 members (excludes halogenated alkanes) is 1. The Kier molecular flexibility index (Phi) is 40.2. The van der Waals surface area contributed by atoms with Crippen LogP contribution in [-0.4, -0.2) is 192 Å². The Morgan fingerprint density at radius 1 is 0.427 bits per heavy atom. The number of halogens is 3. The Labute approximate surface area is 789 Å². The summed E-state index contributed by atoms with van der Waals surface area (Å²) in [6.07, 6.45) is 9.12. The fraction of sp³-hybridized carbons (Fsp3) is 0.356. The molecule has 0 bridgehead atoms. The Hall–Kier alpha value is -12.1. The summed E-state index contributed by atoms with van der Waals surface area (Å²) in [5, 5.41) is 25.3. The summed E-state index contributed by atoms with van der Waals surface area (Å²) < 4.78 is 0. The van der Waals surface area contributed by atoms with Crippen LogP contribution in [0.15, 0.2) is 246 Å². The van der Waals surface area contributed by atoms with Crippen LogP contribution in [0.5, 0.6) is 0 Å². The van der Waals surface area contributed by atoms with Gasteiger partial charge in [-0.3, -0.25) is 53.3 Å². The monoisotopic (exact) mass is 1850 g/mol. The minimum absolute atomic E-state index is 0.0368. The number of amides is 4. The van der Waals surface area contributed by atoms with E-state index < -0.39 is 18.1 Å². The number of hydrogen-bond acceptors (Lipinski definition) is 17. The fourth-order valence-electron chi connectivity index (χ4n) is 15.6. The van der Waals surface area contributed by atoms with Gasteiger partial charge in [0.25, 0.3) is 17.7 Å². The van der Waals surface area contributed by atoms with Crippen molar-refractivity contribution in [3.8, 4) is 11.1 Å². The fourth-order valence-corrected chi connectivity index (χ4v) is 17.4. The zero-order chi connectivity index (χ0) is 93.7. The molecule has 10 aromatic carbocycles. The number of thioether (sulfide) groups is 1. The predicted molar refractivity (Wildman–Crippen MR) is 542 cm³/mol. The number of carbonyl (C=O) groups excluding carboxylic acids is 8. The van der Waals surface area contributed by atoms with E-state index in [1.54, 1.807) is 18.2 Å². The molecule has 0 saturated carbocycles. The van der Waals surface area contributed by atoms with Crippen molar-refractivity contribution >= 4 is 160 Å². The highest BCUT2D eigenvalue weighted by Crippen LogP contribution is 2.35. The molecule has 12 rings (SSSR count). The van der Waals surface area contributed by atoms with Gasteiger partial charge in [0, 0.05) is 152 Å². The number of aliphatic imine (C=N–C) groups is 3. The second kappa shape index (κ2) is 52.1. The number of aryl methyl sites for hydroxylation is 1. The quantitative estimate of drug-likeness (QED) is 0.00741. The van der Waals surface area contributed by atoms with Crippen LogP contribution in [0.1, 0.15) is 137 Å². The third-order valence-electron chi connectivity index (χ3n) is 23.1. The molecule has 0 aromatic heterocycles. The molecule has 3 unspecified atom stereocenters. The summed E-state index contributed by atoms with van der Waals surface area (Å²) in [6.45, 7) is 5.77. The maximum absolute atomic E-state index is 13.5. The molecule has 2 heterocycles. The lowest BCUT2D eigenvalue weighted by atomic mass is 9.97. The summed E-state index contributed by atoms with van der Waals surface area (Å²) in [4.78, 5) is 124. The highest BCUT2D eigenvalue weighted by atomic mass is 35.5. The number of carbonyl (C=O) groups is 8. The minimum atomic E-state index is -0.684. The van der Waals surface area contributed by atoms with E-state index in [-0.39, 0.29) is 83.7 Å². The third-order valence-corrected chi connectivity index (χ3v) is 25.4. The first-order valence-corrected chi connectivity index (χ1v) is 47.4. The van der Waals surface area contributed by atoms with Crippen LogP contribution in [0.4, 0.5) is 17.1 Å². The summed E-state index contributed by atoms with van der Waals surface area (Å²) in [6, 6.07) is 69.3. The topological polar surface area (TPSA) is 334 Å². The molecule has 2 aliphatic heterocycles. The van der Waals surface area contributed by atoms with Gasteiger partial charge in [-0.05, 0) is 203 Å². The van der Waals surface area contributed by atoms with Gasteiger partial charge in [0.05, 0.1) is 53.7 Å². The van der Waals surface area contributed by atoms with Crippen LogP contribution >= 0.6 is 46.6 Å². The molecule has 12 N–H and O–H groups in total. The SMILES string of the molecule is C=C1NC2CSC(CCCCC(=O)NCCCC(=O)Cc3ccc(CCC(=O)[C@H](CCCN=C(N)CCl)NC(=O)c4ccc5cc(N(C)C)ccc5c4)cc3)C2N1.CN(C)c1ccc2cc(C(=O)N[C@@H](CCCN=C(N)CCl)C(=O)Cc3ccc(-c4ccccc4)cc3)ccc2c1.CN(C)c1ccc2cc(C(=O)N[C@@H](CCCN=C(N)CCl)C(=O)Cc3ccccc3)ccc2c1. The van der Waals surface area contributed by atoms with Crippen LogP contribution in [0, 0.1) is 0 Å². The largest absolute Gasteiger partial charge is 0.386 e. The van der Waals surface area contributed by atoms with Gasteiger partial charge in [-0.2, -0.15) is 11.8 Å². The van der Waals surface area contributed by atoms with Gasteiger partial charge in [0.15, 0.2) is 17.3 Å². The summed E-state index contributed by atoms with van der Waals surface area (Å²) >= 11 is 19.1. The van der Waals surface area contributed by atoms with Crippen molar-refractivity contribution in [3.05, 3.63) is 270 Å². The number of nitrogens with one attached hydrogen (secondary N) is 6. The molecule has 4 amide bonds. The number of Topliss-reactive ketones (excluding diaryl/α,β-unsaturated/α-hetero) is 4. The number of alkyl halides is 3. The average Bonchev–Trinajstić information content (AvgIpc) is 1.79. The van der Waals surface area contributed by atoms with Gasteiger partial charge in [-0.15, -0.1) is 34.8 Å². The average molecular weight is 1850 g/mol. The first-order valence-electron chi connectivity index (χ1n) is 44.8. The lowest BCUT2D eigenvalue weighted by Gasteiger charge is -2.18. The van der Waals surface area contributed by atoms with Crippen molar-refractivity contribution < 1.29 is 38.4 Å². The van der Waals surface area contributed by atoms with Crippen molar-refractivity contribution in [2.75, 3.05) is 107 Å². The molecule has 0 radical (unpaired) electrons. The van der Waals surface area contributed by atoms with Gasteiger partial charge >= 0.3 is 0 Å². The van der Waals surface area contributed by atoms with Gasteiger partial charge in [0.1, 0.15) is 23.3 Å².